The largest absolute Gasteiger partial charge is 0.396 e. The second kappa shape index (κ2) is 3.14. The molecule has 0 atom stereocenters. The van der Waals surface area contributed by atoms with Crippen LogP contribution in [0.1, 0.15) is 5.82 Å². The van der Waals surface area contributed by atoms with Gasteiger partial charge in [0.15, 0.2) is 0 Å². The highest BCUT2D eigenvalue weighted by atomic mass is 16.3. The van der Waals surface area contributed by atoms with Crippen molar-refractivity contribution < 1.29 is 5.11 Å². The van der Waals surface area contributed by atoms with E-state index in [1.165, 1.54) is 12.4 Å². The molecule has 0 saturated carbocycles. The van der Waals surface area contributed by atoms with E-state index in [1.807, 2.05) is 0 Å². The molecule has 0 aliphatic heterocycles. The Morgan fingerprint density at radius 3 is 2.67 bits per heavy atom. The van der Waals surface area contributed by atoms with E-state index < -0.39 is 0 Å². The molecule has 9 heavy (non-hydrogen) atoms. The third kappa shape index (κ3) is 1.77. The molecule has 0 aromatic carbocycles. The number of aliphatic hydroxyl groups excluding tert-OH is 1. The standard InChI is InChI=1S/C6H7N2O/c9-5-2-6-7-3-1-4-8-6/h3-4,9H,2,5H2. The lowest BCUT2D eigenvalue weighted by Gasteiger charge is -1.90. The molecule has 47 valence electrons. The van der Waals surface area contributed by atoms with Crippen LogP contribution in [0.5, 0.6) is 0 Å². The maximum atomic E-state index is 8.43. The first-order valence-electron chi connectivity index (χ1n) is 2.71. The van der Waals surface area contributed by atoms with Crippen LogP contribution in [0.4, 0.5) is 0 Å². The van der Waals surface area contributed by atoms with Crippen molar-refractivity contribution in [3.05, 3.63) is 24.3 Å². The predicted molar refractivity (Wildman–Crippen MR) is 31.7 cm³/mol. The number of hydrogen-bond donors (Lipinski definition) is 1. The van der Waals surface area contributed by atoms with Crippen LogP contribution < -0.4 is 0 Å². The highest BCUT2D eigenvalue weighted by Crippen LogP contribution is 1.85. The molecule has 1 N–H and O–H groups in total. The summed E-state index contributed by atoms with van der Waals surface area (Å²) in [5.41, 5.74) is 0. The minimum atomic E-state index is 0.101. The molecular formula is C6H7N2O. The zero-order valence-corrected chi connectivity index (χ0v) is 4.91. The Balaban J connectivity index is 2.61. The van der Waals surface area contributed by atoms with Crippen molar-refractivity contribution in [2.24, 2.45) is 0 Å². The van der Waals surface area contributed by atoms with E-state index >= 15 is 0 Å². The van der Waals surface area contributed by atoms with Gasteiger partial charge in [-0.25, -0.2) is 9.97 Å². The topological polar surface area (TPSA) is 46.0 Å². The summed E-state index contributed by atoms with van der Waals surface area (Å²) in [6.45, 7) is 0.101. The van der Waals surface area contributed by atoms with Gasteiger partial charge >= 0.3 is 0 Å². The summed E-state index contributed by atoms with van der Waals surface area (Å²) in [5.74, 6) is 0.663. The minimum absolute atomic E-state index is 0.101. The van der Waals surface area contributed by atoms with Crippen molar-refractivity contribution >= 4 is 0 Å². The number of rotatable bonds is 2. The van der Waals surface area contributed by atoms with E-state index in [1.54, 1.807) is 0 Å². The first kappa shape index (κ1) is 6.16. The molecule has 1 aromatic rings. The fourth-order valence-corrected chi connectivity index (χ4v) is 0.519. The van der Waals surface area contributed by atoms with E-state index in [0.29, 0.717) is 12.2 Å². The van der Waals surface area contributed by atoms with Crippen LogP contribution >= 0.6 is 0 Å². The van der Waals surface area contributed by atoms with Crippen LogP contribution in [0.3, 0.4) is 0 Å². The smallest absolute Gasteiger partial charge is 0.130 e. The maximum Gasteiger partial charge on any atom is 0.130 e. The van der Waals surface area contributed by atoms with E-state index in [0.717, 1.165) is 0 Å². The second-order valence-corrected chi connectivity index (χ2v) is 1.57. The second-order valence-electron chi connectivity index (χ2n) is 1.57. The normalized spacial score (nSPS) is 9.44. The van der Waals surface area contributed by atoms with Gasteiger partial charge in [-0.1, -0.05) is 0 Å². The molecule has 0 fully saturated rings. The molecule has 3 nitrogen and oxygen atoms in total. The molecule has 1 aromatic heterocycles. The molecular weight excluding hydrogens is 116 g/mol. The number of hydrogen-bond acceptors (Lipinski definition) is 3. The number of nitrogens with zero attached hydrogens (tertiary/aromatic N) is 2. The average Bonchev–Trinajstić information content (AvgIpc) is 1.91. The molecule has 0 unspecified atom stereocenters. The number of aliphatic hydroxyl groups is 1. The third-order valence-electron chi connectivity index (χ3n) is 0.912. The Labute approximate surface area is 53.4 Å². The zero-order valence-electron chi connectivity index (χ0n) is 4.91. The Hall–Kier alpha value is -0.960. The van der Waals surface area contributed by atoms with Crippen LogP contribution in [0, 0.1) is 6.07 Å². The monoisotopic (exact) mass is 123 g/mol. The number of aromatic nitrogens is 2. The van der Waals surface area contributed by atoms with Gasteiger partial charge in [-0.3, -0.25) is 0 Å². The Bertz CT molecular complexity index is 164. The first-order valence-corrected chi connectivity index (χ1v) is 2.71. The predicted octanol–water partition coefficient (Wildman–Crippen LogP) is -0.188. The highest BCUT2D eigenvalue weighted by molar-refractivity contribution is 4.86. The van der Waals surface area contributed by atoms with Crippen LogP contribution in [0.15, 0.2) is 12.4 Å². The molecule has 0 bridgehead atoms. The van der Waals surface area contributed by atoms with Gasteiger partial charge in [0.1, 0.15) is 5.82 Å². The Morgan fingerprint density at radius 2 is 2.11 bits per heavy atom. The fraction of sp³-hybridized carbons (Fsp3) is 0.333. The van der Waals surface area contributed by atoms with Crippen molar-refractivity contribution in [1.29, 1.82) is 0 Å². The maximum absolute atomic E-state index is 8.43. The SMILES string of the molecule is OCCc1nc[c]cn1. The van der Waals surface area contributed by atoms with Gasteiger partial charge in [0.05, 0.1) is 6.61 Å². The minimum Gasteiger partial charge on any atom is -0.396 e. The lowest BCUT2D eigenvalue weighted by molar-refractivity contribution is 0.296. The van der Waals surface area contributed by atoms with E-state index in [-0.39, 0.29) is 6.61 Å². The Kier molecular flexibility index (Phi) is 2.15. The summed E-state index contributed by atoms with van der Waals surface area (Å²) in [5, 5.41) is 8.43. The summed E-state index contributed by atoms with van der Waals surface area (Å²) >= 11 is 0. The van der Waals surface area contributed by atoms with Gasteiger partial charge in [-0.05, 0) is 0 Å². The van der Waals surface area contributed by atoms with Crippen LogP contribution in [0.2, 0.25) is 0 Å². The molecule has 0 aliphatic carbocycles. The zero-order chi connectivity index (χ0) is 6.53. The fourth-order valence-electron chi connectivity index (χ4n) is 0.519. The molecule has 0 spiro atoms. The summed E-state index contributed by atoms with van der Waals surface area (Å²) in [4.78, 5) is 7.68. The van der Waals surface area contributed by atoms with Gasteiger partial charge < -0.3 is 5.11 Å². The lowest BCUT2D eigenvalue weighted by atomic mass is 10.4. The molecule has 3 heteroatoms. The van der Waals surface area contributed by atoms with Crippen LogP contribution in [0.25, 0.3) is 0 Å². The van der Waals surface area contributed by atoms with Crippen LogP contribution in [-0.2, 0) is 6.42 Å². The molecule has 1 radical (unpaired) electrons. The van der Waals surface area contributed by atoms with Crippen molar-refractivity contribution in [2.45, 2.75) is 6.42 Å². The van der Waals surface area contributed by atoms with Gasteiger partial charge in [0.2, 0.25) is 0 Å². The summed E-state index contributed by atoms with van der Waals surface area (Å²) in [6.07, 6.45) is 3.60. The van der Waals surface area contributed by atoms with E-state index in [4.69, 9.17) is 5.11 Å². The summed E-state index contributed by atoms with van der Waals surface area (Å²) in [6, 6.07) is 2.69. The van der Waals surface area contributed by atoms with E-state index in [9.17, 15) is 0 Å². The van der Waals surface area contributed by atoms with Crippen molar-refractivity contribution in [2.75, 3.05) is 6.61 Å². The quantitative estimate of drug-likeness (QED) is 0.593. The van der Waals surface area contributed by atoms with Gasteiger partial charge in [0.25, 0.3) is 0 Å². The summed E-state index contributed by atoms with van der Waals surface area (Å²) in [7, 11) is 0. The first-order chi connectivity index (χ1) is 4.43. The lowest BCUT2D eigenvalue weighted by Crippen LogP contribution is -1.96. The van der Waals surface area contributed by atoms with Crippen molar-refractivity contribution in [1.82, 2.24) is 9.97 Å². The Morgan fingerprint density at radius 1 is 1.44 bits per heavy atom. The highest BCUT2D eigenvalue weighted by Gasteiger charge is 1.89. The molecule has 0 saturated heterocycles. The third-order valence-corrected chi connectivity index (χ3v) is 0.912. The molecule has 0 aliphatic rings. The van der Waals surface area contributed by atoms with E-state index in [2.05, 4.69) is 16.0 Å². The van der Waals surface area contributed by atoms with Crippen molar-refractivity contribution in [3.8, 4) is 0 Å². The van der Waals surface area contributed by atoms with Gasteiger partial charge in [0, 0.05) is 24.9 Å². The summed E-state index contributed by atoms with van der Waals surface area (Å²) < 4.78 is 0. The van der Waals surface area contributed by atoms with Crippen LogP contribution in [-0.4, -0.2) is 21.7 Å². The molecule has 1 rings (SSSR count). The molecule has 1 heterocycles. The van der Waals surface area contributed by atoms with Gasteiger partial charge in [-0.15, -0.1) is 0 Å². The van der Waals surface area contributed by atoms with Gasteiger partial charge in [-0.2, -0.15) is 0 Å². The van der Waals surface area contributed by atoms with Crippen molar-refractivity contribution in [3.63, 3.8) is 0 Å². The molecule has 0 amide bonds. The average molecular weight is 123 g/mol.